The number of fused-ring (bicyclic) bond motifs is 1. The fourth-order valence-electron chi connectivity index (χ4n) is 3.81. The standard InChI is InChI=1S/C17H23NO/c1-12-9-13(2)15(17(19)10-12)11-18-8-7-14-5-3-4-6-16(14)18/h3-6,12-13,15H,7-11H2,1-2H3. The molecule has 0 saturated heterocycles. The van der Waals surface area contributed by atoms with E-state index >= 15 is 0 Å². The minimum Gasteiger partial charge on any atom is -0.370 e. The molecule has 3 rings (SSSR count). The highest BCUT2D eigenvalue weighted by molar-refractivity contribution is 5.83. The van der Waals surface area contributed by atoms with Crippen LogP contribution in [0.2, 0.25) is 0 Å². The Hall–Kier alpha value is -1.31. The number of hydrogen-bond donors (Lipinski definition) is 0. The highest BCUT2D eigenvalue weighted by Crippen LogP contribution is 2.34. The maximum atomic E-state index is 12.3. The van der Waals surface area contributed by atoms with Gasteiger partial charge < -0.3 is 4.90 Å². The molecule has 0 radical (unpaired) electrons. The molecule has 0 aromatic heterocycles. The van der Waals surface area contributed by atoms with Gasteiger partial charge in [-0.2, -0.15) is 0 Å². The minimum atomic E-state index is 0.238. The number of ketones is 1. The van der Waals surface area contributed by atoms with Gasteiger partial charge in [0.2, 0.25) is 0 Å². The van der Waals surface area contributed by atoms with E-state index in [1.165, 1.54) is 17.7 Å². The molecule has 102 valence electrons. The van der Waals surface area contributed by atoms with Gasteiger partial charge in [0, 0.05) is 31.1 Å². The first-order chi connectivity index (χ1) is 9.15. The van der Waals surface area contributed by atoms with Crippen LogP contribution in [0.5, 0.6) is 0 Å². The minimum absolute atomic E-state index is 0.238. The average molecular weight is 257 g/mol. The van der Waals surface area contributed by atoms with Crippen molar-refractivity contribution < 1.29 is 4.79 Å². The second-order valence-electron chi connectivity index (χ2n) is 6.42. The van der Waals surface area contributed by atoms with Gasteiger partial charge in [-0.1, -0.05) is 32.0 Å². The SMILES string of the molecule is CC1CC(=O)C(CN2CCc3ccccc32)C(C)C1. The number of para-hydroxylation sites is 1. The van der Waals surface area contributed by atoms with E-state index in [1.54, 1.807) is 0 Å². The Morgan fingerprint density at radius 3 is 2.84 bits per heavy atom. The third-order valence-corrected chi connectivity index (χ3v) is 4.82. The molecule has 1 fully saturated rings. The molecule has 1 aromatic carbocycles. The predicted octanol–water partition coefficient (Wildman–Crippen LogP) is 3.30. The summed E-state index contributed by atoms with van der Waals surface area (Å²) in [5.41, 5.74) is 2.79. The second-order valence-corrected chi connectivity index (χ2v) is 6.42. The number of hydrogen-bond acceptors (Lipinski definition) is 2. The molecular weight excluding hydrogens is 234 g/mol. The summed E-state index contributed by atoms with van der Waals surface area (Å²) in [5.74, 6) is 1.83. The lowest BCUT2D eigenvalue weighted by Gasteiger charge is -2.34. The first-order valence-corrected chi connectivity index (χ1v) is 7.50. The molecule has 1 aromatic rings. The fraction of sp³-hybridized carbons (Fsp3) is 0.588. The number of Topliss-reactive ketones (excluding diaryl/α,β-unsaturated/α-hetero) is 1. The number of carbonyl (C=O) groups is 1. The van der Waals surface area contributed by atoms with Crippen molar-refractivity contribution in [2.75, 3.05) is 18.0 Å². The van der Waals surface area contributed by atoms with Crippen LogP contribution in [0.3, 0.4) is 0 Å². The molecule has 1 heterocycles. The maximum absolute atomic E-state index is 12.3. The maximum Gasteiger partial charge on any atom is 0.138 e. The van der Waals surface area contributed by atoms with Gasteiger partial charge in [-0.3, -0.25) is 4.79 Å². The van der Waals surface area contributed by atoms with Crippen LogP contribution in [0, 0.1) is 17.8 Å². The van der Waals surface area contributed by atoms with E-state index in [-0.39, 0.29) is 5.92 Å². The fourth-order valence-corrected chi connectivity index (χ4v) is 3.81. The van der Waals surface area contributed by atoms with E-state index in [9.17, 15) is 4.79 Å². The van der Waals surface area contributed by atoms with Crippen molar-refractivity contribution in [2.45, 2.75) is 33.1 Å². The summed E-state index contributed by atoms with van der Waals surface area (Å²) in [6, 6.07) is 8.62. The molecule has 2 aliphatic rings. The molecule has 3 unspecified atom stereocenters. The third-order valence-electron chi connectivity index (χ3n) is 4.82. The highest BCUT2D eigenvalue weighted by Gasteiger charge is 2.34. The topological polar surface area (TPSA) is 20.3 Å². The third kappa shape index (κ3) is 2.41. The van der Waals surface area contributed by atoms with Crippen LogP contribution >= 0.6 is 0 Å². The van der Waals surface area contributed by atoms with Gasteiger partial charge >= 0.3 is 0 Å². The zero-order valence-electron chi connectivity index (χ0n) is 11.9. The van der Waals surface area contributed by atoms with Crippen LogP contribution in [-0.2, 0) is 11.2 Å². The molecule has 0 bridgehead atoms. The molecule has 0 N–H and O–H groups in total. The Balaban J connectivity index is 1.74. The summed E-state index contributed by atoms with van der Waals surface area (Å²) in [6.45, 7) is 6.45. The molecule has 2 nitrogen and oxygen atoms in total. The largest absolute Gasteiger partial charge is 0.370 e. The Morgan fingerprint density at radius 2 is 2.05 bits per heavy atom. The summed E-state index contributed by atoms with van der Waals surface area (Å²) in [7, 11) is 0. The van der Waals surface area contributed by atoms with E-state index in [2.05, 4.69) is 43.0 Å². The van der Waals surface area contributed by atoms with Crippen molar-refractivity contribution in [1.29, 1.82) is 0 Å². The quantitative estimate of drug-likeness (QED) is 0.810. The molecule has 0 spiro atoms. The van der Waals surface area contributed by atoms with Crippen LogP contribution in [-0.4, -0.2) is 18.9 Å². The summed E-state index contributed by atoms with van der Waals surface area (Å²) in [5, 5.41) is 0. The van der Waals surface area contributed by atoms with E-state index in [4.69, 9.17) is 0 Å². The van der Waals surface area contributed by atoms with Crippen molar-refractivity contribution in [2.24, 2.45) is 17.8 Å². The van der Waals surface area contributed by atoms with E-state index in [0.29, 0.717) is 17.6 Å². The van der Waals surface area contributed by atoms with E-state index in [0.717, 1.165) is 25.9 Å². The Kier molecular flexibility index (Phi) is 3.34. The van der Waals surface area contributed by atoms with Crippen molar-refractivity contribution in [3.05, 3.63) is 29.8 Å². The molecule has 2 heteroatoms. The average Bonchev–Trinajstić information content (AvgIpc) is 2.77. The van der Waals surface area contributed by atoms with Crippen LogP contribution in [0.15, 0.2) is 24.3 Å². The van der Waals surface area contributed by atoms with Gasteiger partial charge in [0.15, 0.2) is 0 Å². The zero-order chi connectivity index (χ0) is 13.4. The summed E-state index contributed by atoms with van der Waals surface area (Å²) in [4.78, 5) is 14.7. The number of rotatable bonds is 2. The first-order valence-electron chi connectivity index (χ1n) is 7.50. The van der Waals surface area contributed by atoms with Crippen LogP contribution < -0.4 is 4.90 Å². The zero-order valence-corrected chi connectivity index (χ0v) is 11.9. The van der Waals surface area contributed by atoms with Crippen LogP contribution in [0.25, 0.3) is 0 Å². The van der Waals surface area contributed by atoms with Crippen molar-refractivity contribution in [1.82, 2.24) is 0 Å². The van der Waals surface area contributed by atoms with Crippen LogP contribution in [0.4, 0.5) is 5.69 Å². The van der Waals surface area contributed by atoms with Crippen molar-refractivity contribution >= 4 is 11.5 Å². The van der Waals surface area contributed by atoms with Gasteiger partial charge in [0.25, 0.3) is 0 Å². The van der Waals surface area contributed by atoms with Gasteiger partial charge in [-0.05, 0) is 36.3 Å². The Morgan fingerprint density at radius 1 is 1.26 bits per heavy atom. The molecule has 0 amide bonds. The number of carbonyl (C=O) groups excluding carboxylic acids is 1. The lowest BCUT2D eigenvalue weighted by atomic mass is 9.74. The van der Waals surface area contributed by atoms with E-state index < -0.39 is 0 Å². The molecule has 3 atom stereocenters. The predicted molar refractivity (Wildman–Crippen MR) is 78.4 cm³/mol. The van der Waals surface area contributed by atoms with E-state index in [1.807, 2.05) is 0 Å². The molecule has 1 aliphatic heterocycles. The normalized spacial score (nSPS) is 30.5. The van der Waals surface area contributed by atoms with Crippen molar-refractivity contribution in [3.63, 3.8) is 0 Å². The summed E-state index contributed by atoms with van der Waals surface area (Å²) < 4.78 is 0. The number of anilines is 1. The molecule has 19 heavy (non-hydrogen) atoms. The number of nitrogens with zero attached hydrogens (tertiary/aromatic N) is 1. The monoisotopic (exact) mass is 257 g/mol. The number of benzene rings is 1. The first kappa shape index (κ1) is 12.7. The van der Waals surface area contributed by atoms with Gasteiger partial charge in [-0.25, -0.2) is 0 Å². The van der Waals surface area contributed by atoms with Gasteiger partial charge in [0.05, 0.1) is 0 Å². The summed E-state index contributed by atoms with van der Waals surface area (Å²) in [6.07, 6.45) is 3.11. The van der Waals surface area contributed by atoms with Gasteiger partial charge in [0.1, 0.15) is 5.78 Å². The van der Waals surface area contributed by atoms with Crippen molar-refractivity contribution in [3.8, 4) is 0 Å². The molecular formula is C17H23NO. The van der Waals surface area contributed by atoms with Crippen LogP contribution in [0.1, 0.15) is 32.3 Å². The lowest BCUT2D eigenvalue weighted by Crippen LogP contribution is -2.39. The second kappa shape index (κ2) is 4.99. The molecule has 1 saturated carbocycles. The highest BCUT2D eigenvalue weighted by atomic mass is 16.1. The molecule has 1 aliphatic carbocycles. The Labute approximate surface area is 115 Å². The Bertz CT molecular complexity index is 482. The smallest absolute Gasteiger partial charge is 0.138 e. The summed E-state index contributed by atoms with van der Waals surface area (Å²) >= 11 is 0. The lowest BCUT2D eigenvalue weighted by molar-refractivity contribution is -0.127. The van der Waals surface area contributed by atoms with Gasteiger partial charge in [-0.15, -0.1) is 0 Å².